The van der Waals surface area contributed by atoms with Gasteiger partial charge in [0.15, 0.2) is 0 Å². The first-order valence-corrected chi connectivity index (χ1v) is 8.00. The van der Waals surface area contributed by atoms with Gasteiger partial charge in [-0.1, -0.05) is 46.5 Å². The van der Waals surface area contributed by atoms with Crippen LogP contribution in [0.4, 0.5) is 5.95 Å². The zero-order chi connectivity index (χ0) is 16.9. The number of hydrogen-bond donors (Lipinski definition) is 1. The van der Waals surface area contributed by atoms with Crippen LogP contribution in [0.1, 0.15) is 11.1 Å². The summed E-state index contributed by atoms with van der Waals surface area (Å²) in [7, 11) is 1.76. The van der Waals surface area contributed by atoms with Gasteiger partial charge >= 0.3 is 0 Å². The molecule has 1 N–H and O–H groups in total. The first-order valence-electron chi connectivity index (χ1n) is 7.24. The summed E-state index contributed by atoms with van der Waals surface area (Å²) in [6, 6.07) is 13.1. The standard InChI is InChI=1S/C16H15Cl2N5O/c1-23-16(20-21-22-23)19-9-12-8-13(17)6-7-15(12)24-10-11-4-2-3-5-14(11)18/h2-8H,9-10H2,1H3,(H,19,20,22). The van der Waals surface area contributed by atoms with Gasteiger partial charge in [0.05, 0.1) is 0 Å². The fourth-order valence-corrected chi connectivity index (χ4v) is 2.54. The molecule has 0 amide bonds. The van der Waals surface area contributed by atoms with E-state index in [4.69, 9.17) is 27.9 Å². The van der Waals surface area contributed by atoms with E-state index in [-0.39, 0.29) is 0 Å². The molecule has 24 heavy (non-hydrogen) atoms. The lowest BCUT2D eigenvalue weighted by molar-refractivity contribution is 0.303. The highest BCUT2D eigenvalue weighted by Crippen LogP contribution is 2.25. The van der Waals surface area contributed by atoms with Crippen LogP contribution in [0.25, 0.3) is 0 Å². The van der Waals surface area contributed by atoms with Crippen molar-refractivity contribution in [2.45, 2.75) is 13.2 Å². The van der Waals surface area contributed by atoms with Crippen molar-refractivity contribution in [1.29, 1.82) is 0 Å². The van der Waals surface area contributed by atoms with E-state index in [1.54, 1.807) is 17.8 Å². The first-order chi connectivity index (χ1) is 11.6. The number of rotatable bonds is 6. The van der Waals surface area contributed by atoms with E-state index in [1.165, 1.54) is 0 Å². The summed E-state index contributed by atoms with van der Waals surface area (Å²) in [6.07, 6.45) is 0. The Labute approximate surface area is 149 Å². The zero-order valence-electron chi connectivity index (χ0n) is 12.9. The molecule has 0 saturated carbocycles. The molecule has 1 aromatic heterocycles. The molecule has 3 rings (SSSR count). The van der Waals surface area contributed by atoms with E-state index in [2.05, 4.69) is 20.8 Å². The summed E-state index contributed by atoms with van der Waals surface area (Å²) < 4.78 is 7.47. The normalized spacial score (nSPS) is 10.6. The third-order valence-corrected chi connectivity index (χ3v) is 4.02. The Kier molecular flexibility index (Phi) is 5.17. The highest BCUT2D eigenvalue weighted by molar-refractivity contribution is 6.31. The number of nitrogens with one attached hydrogen (secondary N) is 1. The second-order valence-corrected chi connectivity index (χ2v) is 5.96. The second-order valence-electron chi connectivity index (χ2n) is 5.11. The Morgan fingerprint density at radius 1 is 1.12 bits per heavy atom. The third-order valence-electron chi connectivity index (χ3n) is 3.42. The average Bonchev–Trinajstić information content (AvgIpc) is 2.98. The van der Waals surface area contributed by atoms with Crippen molar-refractivity contribution in [3.05, 3.63) is 63.6 Å². The summed E-state index contributed by atoms with van der Waals surface area (Å²) in [5.41, 5.74) is 1.82. The van der Waals surface area contributed by atoms with E-state index in [9.17, 15) is 0 Å². The third kappa shape index (κ3) is 3.96. The molecular weight excluding hydrogens is 349 g/mol. The molecule has 0 unspecified atom stereocenters. The van der Waals surface area contributed by atoms with Crippen molar-refractivity contribution < 1.29 is 4.74 Å². The second kappa shape index (κ2) is 7.51. The molecule has 0 aliphatic carbocycles. The van der Waals surface area contributed by atoms with Gasteiger partial charge in [-0.05, 0) is 34.7 Å². The number of tetrazole rings is 1. The molecule has 6 nitrogen and oxygen atoms in total. The van der Waals surface area contributed by atoms with E-state index in [0.29, 0.717) is 29.1 Å². The largest absolute Gasteiger partial charge is 0.488 e. The van der Waals surface area contributed by atoms with Crippen LogP contribution in [0.3, 0.4) is 0 Å². The molecule has 0 spiro atoms. The topological polar surface area (TPSA) is 64.9 Å². The van der Waals surface area contributed by atoms with Crippen molar-refractivity contribution >= 4 is 29.2 Å². The van der Waals surface area contributed by atoms with Crippen LogP contribution >= 0.6 is 23.2 Å². The minimum Gasteiger partial charge on any atom is -0.488 e. The lowest BCUT2D eigenvalue weighted by Crippen LogP contribution is -2.07. The molecule has 0 atom stereocenters. The van der Waals surface area contributed by atoms with Gasteiger partial charge in [-0.3, -0.25) is 0 Å². The Hall–Kier alpha value is -2.31. The Morgan fingerprint density at radius 2 is 1.96 bits per heavy atom. The first kappa shape index (κ1) is 16.5. The van der Waals surface area contributed by atoms with Gasteiger partial charge in [-0.2, -0.15) is 0 Å². The van der Waals surface area contributed by atoms with Crippen molar-refractivity contribution in [3.8, 4) is 5.75 Å². The Balaban J connectivity index is 1.73. The molecule has 124 valence electrons. The van der Waals surface area contributed by atoms with Crippen LogP contribution in [0, 0.1) is 0 Å². The van der Waals surface area contributed by atoms with Gasteiger partial charge in [0.1, 0.15) is 12.4 Å². The van der Waals surface area contributed by atoms with Gasteiger partial charge in [0.2, 0.25) is 5.95 Å². The monoisotopic (exact) mass is 363 g/mol. The molecule has 8 heteroatoms. The van der Waals surface area contributed by atoms with Crippen molar-refractivity contribution in [1.82, 2.24) is 20.2 Å². The number of ether oxygens (including phenoxy) is 1. The van der Waals surface area contributed by atoms with Gasteiger partial charge in [0, 0.05) is 34.8 Å². The van der Waals surface area contributed by atoms with Gasteiger partial charge in [-0.15, -0.1) is 0 Å². The molecule has 0 saturated heterocycles. The summed E-state index contributed by atoms with van der Waals surface area (Å²) in [5.74, 6) is 1.29. The summed E-state index contributed by atoms with van der Waals surface area (Å²) in [5, 5.41) is 15.7. The fraction of sp³-hybridized carbons (Fsp3) is 0.188. The maximum atomic E-state index is 6.16. The van der Waals surface area contributed by atoms with Crippen LogP contribution in [0.5, 0.6) is 5.75 Å². The quantitative estimate of drug-likeness (QED) is 0.722. The number of nitrogens with zero attached hydrogens (tertiary/aromatic N) is 4. The average molecular weight is 364 g/mol. The van der Waals surface area contributed by atoms with E-state index < -0.39 is 0 Å². The van der Waals surface area contributed by atoms with E-state index in [0.717, 1.165) is 16.9 Å². The van der Waals surface area contributed by atoms with Crippen molar-refractivity contribution in [2.75, 3.05) is 5.32 Å². The highest BCUT2D eigenvalue weighted by Gasteiger charge is 2.09. The van der Waals surface area contributed by atoms with Gasteiger partial charge in [0.25, 0.3) is 0 Å². The number of benzene rings is 2. The SMILES string of the molecule is Cn1nnnc1NCc1cc(Cl)ccc1OCc1ccccc1Cl. The molecule has 0 aliphatic rings. The van der Waals surface area contributed by atoms with Crippen LogP contribution < -0.4 is 10.1 Å². The molecule has 1 heterocycles. The fourth-order valence-electron chi connectivity index (χ4n) is 2.15. The van der Waals surface area contributed by atoms with Crippen LogP contribution in [-0.2, 0) is 20.2 Å². The molecule has 2 aromatic carbocycles. The summed E-state index contributed by atoms with van der Waals surface area (Å²) in [4.78, 5) is 0. The number of aromatic nitrogens is 4. The minimum atomic E-state index is 0.375. The number of aryl methyl sites for hydroxylation is 1. The number of hydrogen-bond acceptors (Lipinski definition) is 5. The van der Waals surface area contributed by atoms with Crippen LogP contribution in [-0.4, -0.2) is 20.2 Å². The van der Waals surface area contributed by atoms with Gasteiger partial charge in [-0.25, -0.2) is 4.68 Å². The highest BCUT2D eigenvalue weighted by atomic mass is 35.5. The number of halogens is 2. The zero-order valence-corrected chi connectivity index (χ0v) is 14.4. The minimum absolute atomic E-state index is 0.375. The summed E-state index contributed by atoms with van der Waals surface area (Å²) >= 11 is 12.3. The molecule has 3 aromatic rings. The van der Waals surface area contributed by atoms with Gasteiger partial charge < -0.3 is 10.1 Å². The number of anilines is 1. The lowest BCUT2D eigenvalue weighted by atomic mass is 10.2. The molecular formula is C16H15Cl2N5O. The predicted octanol–water partition coefficient (Wildman–Crippen LogP) is 3.71. The van der Waals surface area contributed by atoms with Crippen LogP contribution in [0.15, 0.2) is 42.5 Å². The molecule has 0 radical (unpaired) electrons. The van der Waals surface area contributed by atoms with Crippen molar-refractivity contribution in [2.24, 2.45) is 7.05 Å². The molecule has 0 aliphatic heterocycles. The Bertz CT molecular complexity index is 837. The van der Waals surface area contributed by atoms with E-state index >= 15 is 0 Å². The van der Waals surface area contributed by atoms with Crippen molar-refractivity contribution in [3.63, 3.8) is 0 Å². The van der Waals surface area contributed by atoms with Crippen LogP contribution in [0.2, 0.25) is 10.0 Å². The smallest absolute Gasteiger partial charge is 0.242 e. The van der Waals surface area contributed by atoms with E-state index in [1.807, 2.05) is 36.4 Å². The molecule has 0 fully saturated rings. The molecule has 0 bridgehead atoms. The maximum Gasteiger partial charge on any atom is 0.242 e. The maximum absolute atomic E-state index is 6.16. The Morgan fingerprint density at radius 3 is 2.71 bits per heavy atom. The summed E-state index contributed by atoms with van der Waals surface area (Å²) in [6.45, 7) is 0.854. The predicted molar refractivity (Wildman–Crippen MR) is 93.4 cm³/mol. The lowest BCUT2D eigenvalue weighted by Gasteiger charge is -2.13.